The zero-order chi connectivity index (χ0) is 17.5. The Morgan fingerprint density at radius 1 is 1.12 bits per heavy atom. The molecule has 6 nitrogen and oxygen atoms in total. The Bertz CT molecular complexity index is 760. The second-order valence-corrected chi connectivity index (χ2v) is 8.56. The van der Waals surface area contributed by atoms with Gasteiger partial charge in [-0.2, -0.15) is 0 Å². The second kappa shape index (κ2) is 6.68. The van der Waals surface area contributed by atoms with Crippen LogP contribution in [0.4, 0.5) is 10.9 Å². The van der Waals surface area contributed by atoms with Crippen LogP contribution >= 0.6 is 11.3 Å². The van der Waals surface area contributed by atoms with E-state index in [0.717, 1.165) is 31.7 Å². The third-order valence-electron chi connectivity index (χ3n) is 5.75. The maximum Gasteiger partial charge on any atom is 0.218 e. The van der Waals surface area contributed by atoms with E-state index in [4.69, 9.17) is 9.72 Å². The molecule has 0 N–H and O–H groups in total. The van der Waals surface area contributed by atoms with Crippen LogP contribution in [0.1, 0.15) is 42.7 Å². The normalized spacial score (nSPS) is 20.3. The summed E-state index contributed by atoms with van der Waals surface area (Å²) in [6.07, 6.45) is 10.2. The Balaban J connectivity index is 1.29. The van der Waals surface area contributed by atoms with Gasteiger partial charge in [-0.05, 0) is 44.9 Å². The average molecular weight is 372 g/mol. The van der Waals surface area contributed by atoms with Crippen molar-refractivity contribution < 1.29 is 4.74 Å². The fraction of sp³-hybridized carbons (Fsp3) is 0.632. The molecule has 138 valence electrons. The fourth-order valence-electron chi connectivity index (χ4n) is 4.26. The highest BCUT2D eigenvalue weighted by Crippen LogP contribution is 2.38. The molecule has 2 fully saturated rings. The van der Waals surface area contributed by atoms with Crippen molar-refractivity contribution in [1.29, 1.82) is 0 Å². The monoisotopic (exact) mass is 371 g/mol. The van der Waals surface area contributed by atoms with Crippen molar-refractivity contribution in [3.63, 3.8) is 0 Å². The second-order valence-electron chi connectivity index (χ2n) is 7.50. The van der Waals surface area contributed by atoms with Gasteiger partial charge in [-0.25, -0.2) is 15.0 Å². The van der Waals surface area contributed by atoms with Crippen LogP contribution in [0.15, 0.2) is 12.4 Å². The Labute approximate surface area is 158 Å². The molecule has 5 rings (SSSR count). The Morgan fingerprint density at radius 2 is 1.92 bits per heavy atom. The molecular formula is C19H25N5OS. The van der Waals surface area contributed by atoms with Crippen molar-refractivity contribution in [3.8, 4) is 5.88 Å². The van der Waals surface area contributed by atoms with Crippen LogP contribution in [0.5, 0.6) is 5.88 Å². The number of piperidine rings is 1. The lowest BCUT2D eigenvalue weighted by Crippen LogP contribution is -2.46. The van der Waals surface area contributed by atoms with Gasteiger partial charge in [0.05, 0.1) is 12.8 Å². The summed E-state index contributed by atoms with van der Waals surface area (Å²) in [5, 5.41) is 1.25. The molecule has 2 aliphatic carbocycles. The number of hydrogen-bond acceptors (Lipinski definition) is 7. The number of methoxy groups -OCH3 is 1. The molecule has 0 unspecified atom stereocenters. The molecule has 3 aliphatic rings. The lowest BCUT2D eigenvalue weighted by atomic mass is 10.0. The van der Waals surface area contributed by atoms with Gasteiger partial charge in [0.15, 0.2) is 5.13 Å². The minimum atomic E-state index is 0.546. The fourth-order valence-corrected chi connectivity index (χ4v) is 5.45. The molecule has 0 spiro atoms. The highest BCUT2D eigenvalue weighted by atomic mass is 32.1. The van der Waals surface area contributed by atoms with Gasteiger partial charge in [-0.3, -0.25) is 0 Å². The number of nitrogens with zero attached hydrogens (tertiary/aromatic N) is 5. The van der Waals surface area contributed by atoms with E-state index in [-0.39, 0.29) is 0 Å². The summed E-state index contributed by atoms with van der Waals surface area (Å²) >= 11 is 1.92. The third-order valence-corrected chi connectivity index (χ3v) is 6.97. The summed E-state index contributed by atoms with van der Waals surface area (Å²) in [6, 6.07) is 3.16. The quantitative estimate of drug-likeness (QED) is 0.805. The van der Waals surface area contributed by atoms with Gasteiger partial charge in [0.25, 0.3) is 0 Å². The molecule has 7 heteroatoms. The standard InChI is InChI=1S/C19H25N5OS/c1-25-18-11-17(20-12-21-18)24(13-5-6-13)14-7-9-23(10-8-14)19-22-15-3-2-4-16(15)26-19/h11-14H,2-10H2,1H3. The van der Waals surface area contributed by atoms with Crippen LogP contribution in [0.25, 0.3) is 0 Å². The van der Waals surface area contributed by atoms with Gasteiger partial charge >= 0.3 is 0 Å². The highest BCUT2D eigenvalue weighted by molar-refractivity contribution is 7.15. The first-order valence-electron chi connectivity index (χ1n) is 9.69. The first-order valence-corrected chi connectivity index (χ1v) is 10.5. The molecule has 2 aromatic heterocycles. The number of aromatic nitrogens is 3. The van der Waals surface area contributed by atoms with Crippen LogP contribution in [0.2, 0.25) is 0 Å². The van der Waals surface area contributed by atoms with Crippen molar-refractivity contribution in [2.45, 2.75) is 57.0 Å². The Kier molecular flexibility index (Phi) is 4.19. The minimum absolute atomic E-state index is 0.546. The number of rotatable bonds is 5. The smallest absolute Gasteiger partial charge is 0.218 e. The van der Waals surface area contributed by atoms with E-state index in [1.165, 1.54) is 47.8 Å². The van der Waals surface area contributed by atoms with Gasteiger partial charge in [-0.15, -0.1) is 11.3 Å². The van der Waals surface area contributed by atoms with Crippen molar-refractivity contribution in [3.05, 3.63) is 23.0 Å². The molecule has 0 bridgehead atoms. The maximum atomic E-state index is 5.30. The van der Waals surface area contributed by atoms with Crippen LogP contribution in [-0.2, 0) is 12.8 Å². The van der Waals surface area contributed by atoms with Gasteiger partial charge in [0.1, 0.15) is 12.1 Å². The van der Waals surface area contributed by atoms with Crippen LogP contribution in [0.3, 0.4) is 0 Å². The molecule has 0 amide bonds. The van der Waals surface area contributed by atoms with Crippen molar-refractivity contribution in [2.75, 3.05) is 30.0 Å². The molecular weight excluding hydrogens is 346 g/mol. The van der Waals surface area contributed by atoms with Gasteiger partial charge in [-0.1, -0.05) is 0 Å². The predicted octanol–water partition coefficient (Wildman–Crippen LogP) is 3.07. The van der Waals surface area contributed by atoms with E-state index in [0.29, 0.717) is 18.0 Å². The topological polar surface area (TPSA) is 54.4 Å². The Hall–Kier alpha value is -1.89. The van der Waals surface area contributed by atoms with Crippen molar-refractivity contribution in [2.24, 2.45) is 0 Å². The molecule has 0 atom stereocenters. The molecule has 1 aliphatic heterocycles. The zero-order valence-electron chi connectivity index (χ0n) is 15.2. The highest BCUT2D eigenvalue weighted by Gasteiger charge is 2.37. The number of anilines is 2. The third kappa shape index (κ3) is 3.02. The summed E-state index contributed by atoms with van der Waals surface area (Å²) < 4.78 is 5.30. The maximum absolute atomic E-state index is 5.30. The average Bonchev–Trinajstić information content (AvgIpc) is 3.26. The van der Waals surface area contributed by atoms with E-state index >= 15 is 0 Å². The number of hydrogen-bond donors (Lipinski definition) is 0. The summed E-state index contributed by atoms with van der Waals surface area (Å²) in [4.78, 5) is 20.2. The van der Waals surface area contributed by atoms with Crippen LogP contribution < -0.4 is 14.5 Å². The lowest BCUT2D eigenvalue weighted by Gasteiger charge is -2.39. The summed E-state index contributed by atoms with van der Waals surface area (Å²) in [5.41, 5.74) is 1.36. The van der Waals surface area contributed by atoms with E-state index in [1.807, 2.05) is 17.4 Å². The van der Waals surface area contributed by atoms with Gasteiger partial charge in [0.2, 0.25) is 5.88 Å². The molecule has 26 heavy (non-hydrogen) atoms. The molecule has 0 aromatic carbocycles. The van der Waals surface area contributed by atoms with Gasteiger partial charge in [0, 0.05) is 36.1 Å². The molecule has 2 aromatic rings. The van der Waals surface area contributed by atoms with Crippen molar-refractivity contribution in [1.82, 2.24) is 15.0 Å². The minimum Gasteiger partial charge on any atom is -0.481 e. The van der Waals surface area contributed by atoms with E-state index in [2.05, 4.69) is 19.8 Å². The number of fused-ring (bicyclic) bond motifs is 1. The van der Waals surface area contributed by atoms with Gasteiger partial charge < -0.3 is 14.5 Å². The van der Waals surface area contributed by atoms with Crippen molar-refractivity contribution >= 4 is 22.3 Å². The van der Waals surface area contributed by atoms with E-state index in [1.54, 1.807) is 13.4 Å². The number of aryl methyl sites for hydroxylation is 2. The van der Waals surface area contributed by atoms with Crippen LogP contribution in [0, 0.1) is 0 Å². The molecule has 1 saturated heterocycles. The molecule has 1 saturated carbocycles. The molecule has 3 heterocycles. The predicted molar refractivity (Wildman–Crippen MR) is 103 cm³/mol. The summed E-state index contributed by atoms with van der Waals surface area (Å²) in [7, 11) is 1.66. The summed E-state index contributed by atoms with van der Waals surface area (Å²) in [5.74, 6) is 1.67. The number of thiazole rings is 1. The largest absolute Gasteiger partial charge is 0.481 e. The van der Waals surface area contributed by atoms with E-state index < -0.39 is 0 Å². The first kappa shape index (κ1) is 16.3. The zero-order valence-corrected chi connectivity index (χ0v) is 16.0. The lowest BCUT2D eigenvalue weighted by molar-refractivity contribution is 0.395. The first-order chi connectivity index (χ1) is 12.8. The van der Waals surface area contributed by atoms with E-state index in [9.17, 15) is 0 Å². The Morgan fingerprint density at radius 3 is 2.65 bits per heavy atom. The number of ether oxygens (including phenoxy) is 1. The van der Waals surface area contributed by atoms with Crippen LogP contribution in [-0.4, -0.2) is 47.2 Å². The molecule has 0 radical (unpaired) electrons. The SMILES string of the molecule is COc1cc(N(C2CC2)C2CCN(c3nc4c(s3)CCC4)CC2)ncn1. The summed E-state index contributed by atoms with van der Waals surface area (Å²) in [6.45, 7) is 2.17.